The van der Waals surface area contributed by atoms with E-state index in [0.717, 1.165) is 16.5 Å². The number of aromatic nitrogens is 2. The maximum absolute atomic E-state index is 11.9. The Balaban J connectivity index is 1.85. The molecular formula is C17H12N2O. The van der Waals surface area contributed by atoms with Gasteiger partial charge >= 0.3 is 0 Å². The summed E-state index contributed by atoms with van der Waals surface area (Å²) in [5, 5.41) is 1.09. The van der Waals surface area contributed by atoms with Gasteiger partial charge in [0.15, 0.2) is 5.78 Å². The number of carbonyl (C=O) groups is 1. The average molecular weight is 260 g/mol. The molecule has 0 saturated carbocycles. The molecule has 0 bridgehead atoms. The molecule has 0 saturated heterocycles. The highest BCUT2D eigenvalue weighted by Gasteiger charge is 2.00. The van der Waals surface area contributed by atoms with Crippen molar-refractivity contribution in [3.8, 4) is 0 Å². The second-order valence-electron chi connectivity index (χ2n) is 4.39. The van der Waals surface area contributed by atoms with Crippen LogP contribution in [-0.2, 0) is 0 Å². The lowest BCUT2D eigenvalue weighted by Gasteiger charge is -1.98. The molecule has 1 aromatic carbocycles. The predicted molar refractivity (Wildman–Crippen MR) is 79.3 cm³/mol. The topological polar surface area (TPSA) is 42.9 Å². The van der Waals surface area contributed by atoms with E-state index in [9.17, 15) is 4.79 Å². The molecule has 0 unspecified atom stereocenters. The van der Waals surface area contributed by atoms with Crippen molar-refractivity contribution in [1.82, 2.24) is 9.97 Å². The molecular weight excluding hydrogens is 248 g/mol. The van der Waals surface area contributed by atoms with E-state index < -0.39 is 0 Å². The fourth-order valence-corrected chi connectivity index (χ4v) is 1.96. The number of fused-ring (bicyclic) bond motifs is 1. The SMILES string of the molecule is O=C(/C=C/c1ccc2cccnc2c1)c1cccnc1. The number of hydrogen-bond acceptors (Lipinski definition) is 3. The summed E-state index contributed by atoms with van der Waals surface area (Å²) in [6.07, 6.45) is 8.32. The molecule has 3 aromatic rings. The zero-order valence-electron chi connectivity index (χ0n) is 10.7. The first kappa shape index (κ1) is 12.2. The molecule has 20 heavy (non-hydrogen) atoms. The molecule has 2 aromatic heterocycles. The second kappa shape index (κ2) is 5.45. The maximum Gasteiger partial charge on any atom is 0.187 e. The number of pyridine rings is 2. The third-order valence-electron chi connectivity index (χ3n) is 3.00. The Hall–Kier alpha value is -2.81. The van der Waals surface area contributed by atoms with Crippen LogP contribution in [-0.4, -0.2) is 15.8 Å². The van der Waals surface area contributed by atoms with E-state index in [1.54, 1.807) is 42.9 Å². The molecule has 0 radical (unpaired) electrons. The van der Waals surface area contributed by atoms with Crippen molar-refractivity contribution in [2.24, 2.45) is 0 Å². The first-order valence-electron chi connectivity index (χ1n) is 6.30. The van der Waals surface area contributed by atoms with Gasteiger partial charge in [-0.25, -0.2) is 0 Å². The molecule has 0 aliphatic carbocycles. The van der Waals surface area contributed by atoms with Gasteiger partial charge in [0.1, 0.15) is 0 Å². The molecule has 96 valence electrons. The van der Waals surface area contributed by atoms with Crippen LogP contribution in [0.4, 0.5) is 0 Å². The fraction of sp³-hybridized carbons (Fsp3) is 0. The van der Waals surface area contributed by atoms with E-state index in [1.807, 2.05) is 30.3 Å². The summed E-state index contributed by atoms with van der Waals surface area (Å²) in [5.74, 6) is -0.0563. The second-order valence-corrected chi connectivity index (χ2v) is 4.39. The third-order valence-corrected chi connectivity index (χ3v) is 3.00. The summed E-state index contributed by atoms with van der Waals surface area (Å²) < 4.78 is 0. The lowest BCUT2D eigenvalue weighted by atomic mass is 10.1. The van der Waals surface area contributed by atoms with Crippen molar-refractivity contribution < 1.29 is 4.79 Å². The maximum atomic E-state index is 11.9. The molecule has 0 spiro atoms. The number of rotatable bonds is 3. The molecule has 0 amide bonds. The van der Waals surface area contributed by atoms with Gasteiger partial charge in [-0.3, -0.25) is 14.8 Å². The van der Waals surface area contributed by atoms with Gasteiger partial charge in [0.05, 0.1) is 5.52 Å². The summed E-state index contributed by atoms with van der Waals surface area (Å²) in [5.41, 5.74) is 2.46. The minimum absolute atomic E-state index is 0.0563. The summed E-state index contributed by atoms with van der Waals surface area (Å²) >= 11 is 0. The molecule has 0 aliphatic heterocycles. The van der Waals surface area contributed by atoms with E-state index in [1.165, 1.54) is 0 Å². The number of nitrogens with zero attached hydrogens (tertiary/aromatic N) is 2. The summed E-state index contributed by atoms with van der Waals surface area (Å²) in [6.45, 7) is 0. The quantitative estimate of drug-likeness (QED) is 0.534. The Labute approximate surface area is 116 Å². The van der Waals surface area contributed by atoms with Gasteiger partial charge in [-0.2, -0.15) is 0 Å². The highest BCUT2D eigenvalue weighted by Crippen LogP contribution is 2.14. The van der Waals surface area contributed by atoms with E-state index in [-0.39, 0.29) is 5.78 Å². The number of ketones is 1. The van der Waals surface area contributed by atoms with Gasteiger partial charge in [-0.1, -0.05) is 24.3 Å². The van der Waals surface area contributed by atoms with Crippen LogP contribution >= 0.6 is 0 Å². The van der Waals surface area contributed by atoms with Crippen LogP contribution in [0, 0.1) is 0 Å². The molecule has 2 heterocycles. The predicted octanol–water partition coefficient (Wildman–Crippen LogP) is 3.53. The lowest BCUT2D eigenvalue weighted by Crippen LogP contribution is -1.94. The molecule has 3 heteroatoms. The van der Waals surface area contributed by atoms with Gasteiger partial charge in [0.2, 0.25) is 0 Å². The molecule has 0 aliphatic rings. The number of benzene rings is 1. The van der Waals surface area contributed by atoms with Crippen LogP contribution in [0.15, 0.2) is 67.1 Å². The Morgan fingerprint density at radius 3 is 2.80 bits per heavy atom. The fourth-order valence-electron chi connectivity index (χ4n) is 1.96. The molecule has 0 N–H and O–H groups in total. The largest absolute Gasteiger partial charge is 0.289 e. The Morgan fingerprint density at radius 1 is 1.05 bits per heavy atom. The van der Waals surface area contributed by atoms with Crippen molar-refractivity contribution in [3.63, 3.8) is 0 Å². The first-order valence-corrected chi connectivity index (χ1v) is 6.30. The summed E-state index contributed by atoms with van der Waals surface area (Å²) in [6, 6.07) is 13.3. The van der Waals surface area contributed by atoms with Crippen LogP contribution < -0.4 is 0 Å². The van der Waals surface area contributed by atoms with Crippen LogP contribution in [0.2, 0.25) is 0 Å². The van der Waals surface area contributed by atoms with Gasteiger partial charge in [0.25, 0.3) is 0 Å². The monoisotopic (exact) mass is 260 g/mol. The van der Waals surface area contributed by atoms with E-state index in [4.69, 9.17) is 0 Å². The summed E-state index contributed by atoms with van der Waals surface area (Å²) in [7, 11) is 0. The Morgan fingerprint density at radius 2 is 1.95 bits per heavy atom. The van der Waals surface area contributed by atoms with Crippen molar-refractivity contribution in [1.29, 1.82) is 0 Å². The highest BCUT2D eigenvalue weighted by molar-refractivity contribution is 6.06. The molecule has 3 rings (SSSR count). The van der Waals surface area contributed by atoms with E-state index in [0.29, 0.717) is 5.56 Å². The van der Waals surface area contributed by atoms with Crippen LogP contribution in [0.3, 0.4) is 0 Å². The van der Waals surface area contributed by atoms with E-state index >= 15 is 0 Å². The highest BCUT2D eigenvalue weighted by atomic mass is 16.1. The first-order chi connectivity index (χ1) is 9.83. The summed E-state index contributed by atoms with van der Waals surface area (Å²) in [4.78, 5) is 20.2. The number of carbonyl (C=O) groups excluding carboxylic acids is 1. The molecule has 3 nitrogen and oxygen atoms in total. The Bertz CT molecular complexity index is 779. The minimum atomic E-state index is -0.0563. The number of allylic oxidation sites excluding steroid dienone is 1. The van der Waals surface area contributed by atoms with Gasteiger partial charge in [-0.15, -0.1) is 0 Å². The zero-order chi connectivity index (χ0) is 13.8. The van der Waals surface area contributed by atoms with E-state index in [2.05, 4.69) is 9.97 Å². The van der Waals surface area contributed by atoms with Crippen molar-refractivity contribution in [2.75, 3.05) is 0 Å². The Kier molecular flexibility index (Phi) is 3.33. The zero-order valence-corrected chi connectivity index (χ0v) is 10.7. The van der Waals surface area contributed by atoms with Crippen LogP contribution in [0.5, 0.6) is 0 Å². The standard InChI is InChI=1S/C17H12N2O/c20-17(15-4-1-9-18-12-15)8-6-13-5-7-14-3-2-10-19-16(14)11-13/h1-12H/b8-6+. The van der Waals surface area contributed by atoms with Crippen LogP contribution in [0.25, 0.3) is 17.0 Å². The minimum Gasteiger partial charge on any atom is -0.289 e. The van der Waals surface area contributed by atoms with Crippen LogP contribution in [0.1, 0.15) is 15.9 Å². The molecule has 0 atom stereocenters. The van der Waals surface area contributed by atoms with Gasteiger partial charge in [0, 0.05) is 29.5 Å². The van der Waals surface area contributed by atoms with Gasteiger partial charge < -0.3 is 0 Å². The third kappa shape index (κ3) is 2.62. The van der Waals surface area contributed by atoms with Crippen molar-refractivity contribution in [3.05, 3.63) is 78.3 Å². The number of hydrogen-bond donors (Lipinski definition) is 0. The normalized spacial score (nSPS) is 11.0. The lowest BCUT2D eigenvalue weighted by molar-refractivity contribution is 0.104. The molecule has 0 fully saturated rings. The average Bonchev–Trinajstić information content (AvgIpc) is 2.53. The van der Waals surface area contributed by atoms with Crippen molar-refractivity contribution in [2.45, 2.75) is 0 Å². The van der Waals surface area contributed by atoms with Crippen molar-refractivity contribution >= 4 is 22.8 Å². The smallest absolute Gasteiger partial charge is 0.187 e. The van der Waals surface area contributed by atoms with Gasteiger partial charge in [-0.05, 0) is 35.9 Å².